The van der Waals surface area contributed by atoms with Crippen molar-refractivity contribution in [1.82, 2.24) is 10.5 Å². The molecule has 0 radical (unpaired) electrons. The summed E-state index contributed by atoms with van der Waals surface area (Å²) in [4.78, 5) is 11.8. The molecule has 6 heteroatoms. The molecule has 6 nitrogen and oxygen atoms in total. The molecular weight excluding hydrogens is 306 g/mol. The number of ether oxygens (including phenoxy) is 1. The van der Waals surface area contributed by atoms with E-state index < -0.39 is 6.10 Å². The van der Waals surface area contributed by atoms with Crippen molar-refractivity contribution < 1.29 is 14.1 Å². The average molecular weight is 329 g/mol. The van der Waals surface area contributed by atoms with Gasteiger partial charge >= 0.3 is 0 Å². The first-order chi connectivity index (χ1) is 11.5. The second kappa shape index (κ2) is 6.65. The molecule has 0 bridgehead atoms. The molecule has 0 unspecified atom stereocenters. The van der Waals surface area contributed by atoms with Gasteiger partial charge in [-0.3, -0.25) is 4.79 Å². The minimum absolute atomic E-state index is 0.0812. The van der Waals surface area contributed by atoms with Gasteiger partial charge in [-0.1, -0.05) is 18.1 Å². The molecule has 0 saturated heterocycles. The van der Waals surface area contributed by atoms with E-state index in [1.54, 1.807) is 0 Å². The van der Waals surface area contributed by atoms with Crippen molar-refractivity contribution in [3.63, 3.8) is 0 Å². The first-order valence-electron chi connectivity index (χ1n) is 8.26. The number of nitrogens with zero attached hydrogens (tertiary/aromatic N) is 1. The Hall–Kier alpha value is -2.34. The molecule has 24 heavy (non-hydrogen) atoms. The Morgan fingerprint density at radius 3 is 2.83 bits per heavy atom. The molecular formula is C18H23N3O3. The van der Waals surface area contributed by atoms with Gasteiger partial charge in [0.05, 0.1) is 11.4 Å². The third kappa shape index (κ3) is 3.14. The summed E-state index contributed by atoms with van der Waals surface area (Å²) in [5.74, 6) is 1.49. The summed E-state index contributed by atoms with van der Waals surface area (Å²) in [7, 11) is 0. The number of aromatic nitrogens is 1. The zero-order valence-corrected chi connectivity index (χ0v) is 14.5. The molecule has 0 saturated carbocycles. The highest BCUT2D eigenvalue weighted by Crippen LogP contribution is 2.33. The molecule has 2 N–H and O–H groups in total. The van der Waals surface area contributed by atoms with E-state index >= 15 is 0 Å². The minimum Gasteiger partial charge on any atom is -0.478 e. The maximum absolute atomic E-state index is 11.8. The molecule has 1 amide bonds. The Balaban J connectivity index is 1.72. The first kappa shape index (κ1) is 16.5. The van der Waals surface area contributed by atoms with Crippen molar-refractivity contribution >= 4 is 11.6 Å². The maximum Gasteiger partial charge on any atom is 0.265 e. The minimum atomic E-state index is -0.418. The fraction of sp³-hybridized carbons (Fsp3) is 0.444. The van der Waals surface area contributed by atoms with Gasteiger partial charge < -0.3 is 19.9 Å². The maximum atomic E-state index is 11.8. The van der Waals surface area contributed by atoms with Crippen LogP contribution in [0.2, 0.25) is 0 Å². The number of aryl methyl sites for hydroxylation is 2. The van der Waals surface area contributed by atoms with Crippen molar-refractivity contribution in [2.24, 2.45) is 0 Å². The number of rotatable bonds is 5. The Labute approximate surface area is 141 Å². The smallest absolute Gasteiger partial charge is 0.265 e. The highest BCUT2D eigenvalue weighted by atomic mass is 16.5. The van der Waals surface area contributed by atoms with Gasteiger partial charge in [0.15, 0.2) is 6.10 Å². The molecule has 2 atom stereocenters. The predicted molar refractivity (Wildman–Crippen MR) is 91.0 cm³/mol. The molecule has 2 aromatic rings. The Bertz CT molecular complexity index is 734. The molecule has 3 rings (SSSR count). The van der Waals surface area contributed by atoms with Crippen molar-refractivity contribution in [2.75, 3.05) is 5.32 Å². The van der Waals surface area contributed by atoms with Gasteiger partial charge in [0, 0.05) is 18.2 Å². The topological polar surface area (TPSA) is 76.4 Å². The monoisotopic (exact) mass is 329 g/mol. The van der Waals surface area contributed by atoms with Crippen LogP contribution in [-0.2, 0) is 11.3 Å². The van der Waals surface area contributed by atoms with E-state index in [0.29, 0.717) is 13.0 Å². The van der Waals surface area contributed by atoms with Crippen LogP contribution in [-0.4, -0.2) is 17.2 Å². The van der Waals surface area contributed by atoms with E-state index in [9.17, 15) is 4.79 Å². The molecule has 0 fully saturated rings. The lowest BCUT2D eigenvalue weighted by Gasteiger charge is -2.26. The highest BCUT2D eigenvalue weighted by Gasteiger charge is 2.26. The van der Waals surface area contributed by atoms with Crippen LogP contribution in [0.4, 0.5) is 5.69 Å². The lowest BCUT2D eigenvalue weighted by atomic mass is 10.1. The van der Waals surface area contributed by atoms with Crippen molar-refractivity contribution in [1.29, 1.82) is 0 Å². The lowest BCUT2D eigenvalue weighted by Crippen LogP contribution is -2.36. The normalized spacial score (nSPS) is 17.8. The Morgan fingerprint density at radius 2 is 2.17 bits per heavy atom. The molecule has 1 aromatic carbocycles. The number of nitrogens with one attached hydrogen (secondary N) is 2. The first-order valence-corrected chi connectivity index (χ1v) is 8.26. The van der Waals surface area contributed by atoms with Crippen LogP contribution < -0.4 is 15.4 Å². The molecule has 1 aliphatic rings. The van der Waals surface area contributed by atoms with E-state index in [-0.39, 0.29) is 11.9 Å². The molecule has 1 aromatic heterocycles. The number of benzene rings is 1. The second-order valence-corrected chi connectivity index (χ2v) is 6.16. The number of anilines is 1. The Morgan fingerprint density at radius 1 is 1.38 bits per heavy atom. The summed E-state index contributed by atoms with van der Waals surface area (Å²) in [6, 6.07) is 6.01. The SMILES string of the molecule is CC[C@@H]1Oc2cc([C@H](C)NCc3c(C)noc3C)ccc2NC1=O. The fourth-order valence-corrected chi connectivity index (χ4v) is 2.83. The summed E-state index contributed by atoms with van der Waals surface area (Å²) in [5.41, 5.74) is 3.83. The number of carbonyl (C=O) groups excluding carboxylic acids is 1. The van der Waals surface area contributed by atoms with E-state index in [1.165, 1.54) is 0 Å². The van der Waals surface area contributed by atoms with Crippen LogP contribution in [0.25, 0.3) is 0 Å². The predicted octanol–water partition coefficient (Wildman–Crippen LogP) is 3.25. The van der Waals surface area contributed by atoms with Gasteiger partial charge in [-0.2, -0.15) is 0 Å². The molecule has 2 heterocycles. The molecule has 128 valence electrons. The fourth-order valence-electron chi connectivity index (χ4n) is 2.83. The number of amides is 1. The summed E-state index contributed by atoms with van der Waals surface area (Å²) in [6.45, 7) is 8.58. The van der Waals surface area contributed by atoms with Crippen molar-refractivity contribution in [3.05, 3.63) is 40.8 Å². The van der Waals surface area contributed by atoms with Crippen LogP contribution in [0.15, 0.2) is 22.7 Å². The van der Waals surface area contributed by atoms with Crippen LogP contribution in [0, 0.1) is 13.8 Å². The average Bonchev–Trinajstić information content (AvgIpc) is 2.90. The second-order valence-electron chi connectivity index (χ2n) is 6.16. The van der Waals surface area contributed by atoms with Crippen LogP contribution >= 0.6 is 0 Å². The van der Waals surface area contributed by atoms with E-state index in [4.69, 9.17) is 9.26 Å². The van der Waals surface area contributed by atoms with Crippen molar-refractivity contribution in [3.8, 4) is 5.75 Å². The molecule has 1 aliphatic heterocycles. The number of fused-ring (bicyclic) bond motifs is 1. The molecule has 0 aliphatic carbocycles. The highest BCUT2D eigenvalue weighted by molar-refractivity contribution is 5.97. The third-order valence-corrected chi connectivity index (χ3v) is 4.46. The van der Waals surface area contributed by atoms with Crippen LogP contribution in [0.5, 0.6) is 5.75 Å². The van der Waals surface area contributed by atoms with E-state index in [0.717, 1.165) is 34.0 Å². The quantitative estimate of drug-likeness (QED) is 0.880. The zero-order chi connectivity index (χ0) is 17.3. The summed E-state index contributed by atoms with van der Waals surface area (Å²) in [6.07, 6.45) is 0.230. The summed E-state index contributed by atoms with van der Waals surface area (Å²) >= 11 is 0. The summed E-state index contributed by atoms with van der Waals surface area (Å²) < 4.78 is 11.0. The van der Waals surface area contributed by atoms with E-state index in [1.807, 2.05) is 39.0 Å². The van der Waals surface area contributed by atoms with Gasteiger partial charge in [0.2, 0.25) is 0 Å². The van der Waals surface area contributed by atoms with Crippen LogP contribution in [0.1, 0.15) is 48.9 Å². The van der Waals surface area contributed by atoms with E-state index in [2.05, 4.69) is 22.7 Å². The number of carbonyl (C=O) groups is 1. The largest absolute Gasteiger partial charge is 0.478 e. The van der Waals surface area contributed by atoms with Crippen LogP contribution in [0.3, 0.4) is 0 Å². The third-order valence-electron chi connectivity index (χ3n) is 4.46. The van der Waals surface area contributed by atoms with Gasteiger partial charge in [-0.05, 0) is 44.9 Å². The zero-order valence-electron chi connectivity index (χ0n) is 14.5. The van der Waals surface area contributed by atoms with Gasteiger partial charge in [-0.15, -0.1) is 0 Å². The van der Waals surface area contributed by atoms with Crippen molar-refractivity contribution in [2.45, 2.75) is 52.8 Å². The standard InChI is InChI=1S/C18H23N3O3/c1-5-16-18(22)20-15-7-6-13(8-17(15)23-16)10(2)19-9-14-11(3)21-24-12(14)4/h6-8,10,16,19H,5,9H2,1-4H3,(H,20,22)/t10-,16-/m0/s1. The lowest BCUT2D eigenvalue weighted by molar-refractivity contribution is -0.123. The number of hydrogen-bond acceptors (Lipinski definition) is 5. The number of hydrogen-bond donors (Lipinski definition) is 2. The molecule has 0 spiro atoms. The Kier molecular flexibility index (Phi) is 4.57. The van der Waals surface area contributed by atoms with Gasteiger partial charge in [0.25, 0.3) is 5.91 Å². The summed E-state index contributed by atoms with van der Waals surface area (Å²) in [5, 5.41) is 10.3. The van der Waals surface area contributed by atoms with Gasteiger partial charge in [0.1, 0.15) is 11.5 Å². The van der Waals surface area contributed by atoms with Gasteiger partial charge in [-0.25, -0.2) is 0 Å².